The Balaban J connectivity index is 1.85. The Bertz CT molecular complexity index is 359. The van der Waals surface area contributed by atoms with Crippen LogP contribution in [0.4, 0.5) is 0 Å². The van der Waals surface area contributed by atoms with Crippen molar-refractivity contribution in [1.29, 1.82) is 0 Å². The monoisotopic (exact) mass is 266 g/mol. The summed E-state index contributed by atoms with van der Waals surface area (Å²) in [5.74, 6) is 0.788. The number of rotatable bonds is 5. The van der Waals surface area contributed by atoms with Gasteiger partial charge in [-0.25, -0.2) is 0 Å². The van der Waals surface area contributed by atoms with Gasteiger partial charge in [-0.2, -0.15) is 0 Å². The molecule has 0 spiro atoms. The van der Waals surface area contributed by atoms with Crippen molar-refractivity contribution in [3.8, 4) is 0 Å². The summed E-state index contributed by atoms with van der Waals surface area (Å²) in [7, 11) is 0. The second kappa shape index (κ2) is 6.69. The molecular weight excluding hydrogens is 240 g/mol. The molecule has 1 fully saturated rings. The quantitative estimate of drug-likeness (QED) is 0.881. The van der Waals surface area contributed by atoms with Crippen molar-refractivity contribution in [2.75, 3.05) is 19.6 Å². The predicted octanol–water partition coefficient (Wildman–Crippen LogP) is 3.13. The lowest BCUT2D eigenvalue weighted by molar-refractivity contribution is 0.181. The lowest BCUT2D eigenvalue weighted by Crippen LogP contribution is -2.50. The van der Waals surface area contributed by atoms with Gasteiger partial charge in [-0.05, 0) is 30.9 Å². The number of nitrogens with zero attached hydrogens (tertiary/aromatic N) is 1. The Kier molecular flexibility index (Phi) is 5.22. The third-order valence-corrected chi connectivity index (χ3v) is 4.76. The van der Waals surface area contributed by atoms with E-state index in [1.165, 1.54) is 35.7 Å². The van der Waals surface area contributed by atoms with Gasteiger partial charge in [-0.1, -0.05) is 20.8 Å². The number of hydrogen-bond acceptors (Lipinski definition) is 3. The van der Waals surface area contributed by atoms with E-state index >= 15 is 0 Å². The van der Waals surface area contributed by atoms with Crippen molar-refractivity contribution in [2.45, 2.75) is 46.2 Å². The molecule has 18 heavy (non-hydrogen) atoms. The Hall–Kier alpha value is -0.380. The first kappa shape index (κ1) is 14.0. The molecule has 2 rings (SSSR count). The van der Waals surface area contributed by atoms with E-state index in [-0.39, 0.29) is 0 Å². The molecule has 102 valence electrons. The number of nitrogens with one attached hydrogen (secondary N) is 1. The van der Waals surface area contributed by atoms with Gasteiger partial charge < -0.3 is 5.32 Å². The topological polar surface area (TPSA) is 15.3 Å². The summed E-state index contributed by atoms with van der Waals surface area (Å²) in [5.41, 5.74) is 0. The number of hydrogen-bond donors (Lipinski definition) is 1. The van der Waals surface area contributed by atoms with E-state index < -0.39 is 0 Å². The molecule has 2 nitrogen and oxygen atoms in total. The second-order valence-corrected chi connectivity index (χ2v) is 6.99. The van der Waals surface area contributed by atoms with Crippen molar-refractivity contribution in [3.63, 3.8) is 0 Å². The highest BCUT2D eigenvalue weighted by Crippen LogP contribution is 2.20. The fourth-order valence-electron chi connectivity index (χ4n) is 2.68. The molecule has 0 aliphatic carbocycles. The Morgan fingerprint density at radius 2 is 2.17 bits per heavy atom. The maximum absolute atomic E-state index is 3.64. The van der Waals surface area contributed by atoms with E-state index in [0.717, 1.165) is 19.0 Å². The highest BCUT2D eigenvalue weighted by Gasteiger charge is 2.20. The molecule has 2 heterocycles. The lowest BCUT2D eigenvalue weighted by atomic mass is 10.0. The Labute approximate surface area is 115 Å². The van der Waals surface area contributed by atoms with Crippen LogP contribution >= 0.6 is 11.3 Å². The first-order valence-corrected chi connectivity index (χ1v) is 8.02. The smallest absolute Gasteiger partial charge is 0.0329 e. The molecule has 1 aliphatic rings. The van der Waals surface area contributed by atoms with E-state index in [0.29, 0.717) is 6.04 Å². The fraction of sp³-hybridized carbons (Fsp3) is 0.733. The van der Waals surface area contributed by atoms with Crippen molar-refractivity contribution in [2.24, 2.45) is 5.92 Å². The highest BCUT2D eigenvalue weighted by atomic mass is 32.1. The van der Waals surface area contributed by atoms with E-state index in [9.17, 15) is 0 Å². The van der Waals surface area contributed by atoms with Gasteiger partial charge in [0.1, 0.15) is 0 Å². The van der Waals surface area contributed by atoms with Crippen LogP contribution in [0.5, 0.6) is 0 Å². The first-order chi connectivity index (χ1) is 8.67. The maximum atomic E-state index is 3.64. The summed E-state index contributed by atoms with van der Waals surface area (Å²) in [5, 5.41) is 3.64. The van der Waals surface area contributed by atoms with Crippen LogP contribution in [-0.4, -0.2) is 30.6 Å². The summed E-state index contributed by atoms with van der Waals surface area (Å²) < 4.78 is 0. The first-order valence-electron chi connectivity index (χ1n) is 7.20. The van der Waals surface area contributed by atoms with Crippen molar-refractivity contribution in [3.05, 3.63) is 21.9 Å². The van der Waals surface area contributed by atoms with Gasteiger partial charge in [-0.15, -0.1) is 11.3 Å². The minimum absolute atomic E-state index is 0.685. The van der Waals surface area contributed by atoms with E-state index in [2.05, 4.69) is 43.1 Å². The van der Waals surface area contributed by atoms with Crippen molar-refractivity contribution < 1.29 is 0 Å². The SMILES string of the molecule is CCc1ccc(CN2CCNC(CC(C)C)C2)s1. The van der Waals surface area contributed by atoms with Gasteiger partial charge in [0, 0.05) is 42.0 Å². The summed E-state index contributed by atoms with van der Waals surface area (Å²) >= 11 is 1.98. The zero-order chi connectivity index (χ0) is 13.0. The summed E-state index contributed by atoms with van der Waals surface area (Å²) in [6, 6.07) is 5.28. The molecule has 1 unspecified atom stereocenters. The zero-order valence-electron chi connectivity index (χ0n) is 11.9. The zero-order valence-corrected chi connectivity index (χ0v) is 12.7. The van der Waals surface area contributed by atoms with Gasteiger partial charge in [-0.3, -0.25) is 4.90 Å². The van der Waals surface area contributed by atoms with Crippen LogP contribution in [0, 0.1) is 5.92 Å². The normalized spacial score (nSPS) is 21.7. The largest absolute Gasteiger partial charge is 0.311 e. The molecule has 0 amide bonds. The minimum Gasteiger partial charge on any atom is -0.311 e. The second-order valence-electron chi connectivity index (χ2n) is 5.74. The number of aryl methyl sites for hydroxylation is 1. The van der Waals surface area contributed by atoms with Crippen LogP contribution in [0.2, 0.25) is 0 Å². The summed E-state index contributed by atoms with van der Waals surface area (Å²) in [6.45, 7) is 11.5. The van der Waals surface area contributed by atoms with E-state index in [1.807, 2.05) is 11.3 Å². The fourth-order valence-corrected chi connectivity index (χ4v) is 3.68. The van der Waals surface area contributed by atoms with Gasteiger partial charge in [0.2, 0.25) is 0 Å². The lowest BCUT2D eigenvalue weighted by Gasteiger charge is -2.34. The molecule has 0 saturated carbocycles. The van der Waals surface area contributed by atoms with Gasteiger partial charge in [0.15, 0.2) is 0 Å². The maximum Gasteiger partial charge on any atom is 0.0329 e. The van der Waals surface area contributed by atoms with E-state index in [4.69, 9.17) is 0 Å². The number of thiophene rings is 1. The van der Waals surface area contributed by atoms with Crippen molar-refractivity contribution in [1.82, 2.24) is 10.2 Å². The molecule has 0 radical (unpaired) electrons. The standard InChI is InChI=1S/C15H26N2S/c1-4-14-5-6-15(18-14)11-17-8-7-16-13(10-17)9-12(2)3/h5-6,12-13,16H,4,7-11H2,1-3H3. The van der Waals surface area contributed by atoms with Gasteiger partial charge >= 0.3 is 0 Å². The molecule has 1 aliphatic heterocycles. The van der Waals surface area contributed by atoms with Gasteiger partial charge in [0.05, 0.1) is 0 Å². The Morgan fingerprint density at radius 3 is 2.83 bits per heavy atom. The molecule has 3 heteroatoms. The van der Waals surface area contributed by atoms with Crippen LogP contribution in [0.15, 0.2) is 12.1 Å². The average Bonchev–Trinajstić information content (AvgIpc) is 2.76. The Morgan fingerprint density at radius 1 is 1.39 bits per heavy atom. The third-order valence-electron chi connectivity index (χ3n) is 3.54. The highest BCUT2D eigenvalue weighted by molar-refractivity contribution is 7.11. The van der Waals surface area contributed by atoms with E-state index in [1.54, 1.807) is 0 Å². The molecule has 1 atom stereocenters. The molecular formula is C15H26N2S. The average molecular weight is 266 g/mol. The minimum atomic E-state index is 0.685. The van der Waals surface area contributed by atoms with Crippen LogP contribution in [0.3, 0.4) is 0 Å². The van der Waals surface area contributed by atoms with Crippen LogP contribution in [0.25, 0.3) is 0 Å². The third kappa shape index (κ3) is 4.08. The molecule has 1 aromatic heterocycles. The molecule has 1 aromatic rings. The molecule has 0 bridgehead atoms. The summed E-state index contributed by atoms with van der Waals surface area (Å²) in [6.07, 6.45) is 2.46. The molecule has 1 saturated heterocycles. The van der Waals surface area contributed by atoms with Crippen LogP contribution in [0.1, 0.15) is 36.9 Å². The molecule has 0 aromatic carbocycles. The number of piperazine rings is 1. The van der Waals surface area contributed by atoms with Crippen LogP contribution < -0.4 is 5.32 Å². The predicted molar refractivity (Wildman–Crippen MR) is 80.2 cm³/mol. The van der Waals surface area contributed by atoms with Gasteiger partial charge in [0.25, 0.3) is 0 Å². The van der Waals surface area contributed by atoms with Crippen LogP contribution in [-0.2, 0) is 13.0 Å². The van der Waals surface area contributed by atoms with Crippen molar-refractivity contribution >= 4 is 11.3 Å². The summed E-state index contributed by atoms with van der Waals surface area (Å²) in [4.78, 5) is 5.64. The molecule has 1 N–H and O–H groups in total.